The molecule has 2 unspecified atom stereocenters. The predicted molar refractivity (Wildman–Crippen MR) is 84.4 cm³/mol. The SMILES string of the molecule is CCNC(C)(CCN(C)CC1CCCOC1)C(=O)OCC. The van der Waals surface area contributed by atoms with Gasteiger partial charge in [0.1, 0.15) is 5.54 Å². The topological polar surface area (TPSA) is 50.8 Å². The van der Waals surface area contributed by atoms with Crippen molar-refractivity contribution in [3.63, 3.8) is 0 Å². The summed E-state index contributed by atoms with van der Waals surface area (Å²) in [5, 5.41) is 3.28. The van der Waals surface area contributed by atoms with Crippen LogP contribution in [0.1, 0.15) is 40.0 Å². The van der Waals surface area contributed by atoms with Crippen molar-refractivity contribution in [2.75, 3.05) is 46.5 Å². The van der Waals surface area contributed by atoms with Gasteiger partial charge in [0.15, 0.2) is 0 Å². The first-order valence-electron chi connectivity index (χ1n) is 8.20. The van der Waals surface area contributed by atoms with Gasteiger partial charge in [-0.1, -0.05) is 6.92 Å². The van der Waals surface area contributed by atoms with Gasteiger partial charge in [-0.3, -0.25) is 4.79 Å². The minimum Gasteiger partial charge on any atom is -0.465 e. The highest BCUT2D eigenvalue weighted by molar-refractivity contribution is 5.80. The van der Waals surface area contributed by atoms with Crippen molar-refractivity contribution in [2.24, 2.45) is 5.92 Å². The Morgan fingerprint density at radius 3 is 2.81 bits per heavy atom. The lowest BCUT2D eigenvalue weighted by Gasteiger charge is -2.32. The van der Waals surface area contributed by atoms with E-state index >= 15 is 0 Å². The lowest BCUT2D eigenvalue weighted by Crippen LogP contribution is -2.52. The summed E-state index contributed by atoms with van der Waals surface area (Å²) >= 11 is 0. The smallest absolute Gasteiger partial charge is 0.326 e. The predicted octanol–water partition coefficient (Wildman–Crippen LogP) is 1.67. The van der Waals surface area contributed by atoms with Gasteiger partial charge in [-0.2, -0.15) is 0 Å². The highest BCUT2D eigenvalue weighted by atomic mass is 16.5. The summed E-state index contributed by atoms with van der Waals surface area (Å²) in [6, 6.07) is 0. The number of hydrogen-bond acceptors (Lipinski definition) is 5. The summed E-state index contributed by atoms with van der Waals surface area (Å²) in [5.74, 6) is 0.470. The van der Waals surface area contributed by atoms with E-state index in [4.69, 9.17) is 9.47 Å². The molecule has 2 atom stereocenters. The van der Waals surface area contributed by atoms with Crippen molar-refractivity contribution in [3.8, 4) is 0 Å². The zero-order valence-electron chi connectivity index (χ0n) is 14.1. The van der Waals surface area contributed by atoms with Gasteiger partial charge in [0, 0.05) is 19.7 Å². The number of rotatable bonds is 9. The van der Waals surface area contributed by atoms with Crippen LogP contribution in [0, 0.1) is 5.92 Å². The molecule has 5 heteroatoms. The summed E-state index contributed by atoms with van der Waals surface area (Å²) in [5.41, 5.74) is -0.595. The lowest BCUT2D eigenvalue weighted by atomic mass is 9.96. The van der Waals surface area contributed by atoms with Gasteiger partial charge in [0.25, 0.3) is 0 Å². The minimum atomic E-state index is -0.595. The lowest BCUT2D eigenvalue weighted by molar-refractivity contribution is -0.151. The van der Waals surface area contributed by atoms with Gasteiger partial charge in [-0.25, -0.2) is 0 Å². The van der Waals surface area contributed by atoms with Crippen LogP contribution in [0.15, 0.2) is 0 Å². The van der Waals surface area contributed by atoms with Crippen LogP contribution in [-0.2, 0) is 14.3 Å². The van der Waals surface area contributed by atoms with Gasteiger partial charge in [-0.15, -0.1) is 0 Å². The zero-order valence-corrected chi connectivity index (χ0v) is 14.1. The molecule has 0 aromatic carbocycles. The molecule has 21 heavy (non-hydrogen) atoms. The van der Waals surface area contributed by atoms with E-state index in [0.29, 0.717) is 12.5 Å². The van der Waals surface area contributed by atoms with Gasteiger partial charge >= 0.3 is 5.97 Å². The van der Waals surface area contributed by atoms with Crippen molar-refractivity contribution in [2.45, 2.75) is 45.6 Å². The number of carbonyl (C=O) groups excluding carboxylic acids is 1. The Morgan fingerprint density at radius 1 is 1.48 bits per heavy atom. The Hall–Kier alpha value is -0.650. The van der Waals surface area contributed by atoms with Crippen LogP contribution in [0.3, 0.4) is 0 Å². The van der Waals surface area contributed by atoms with E-state index in [9.17, 15) is 4.79 Å². The molecule has 124 valence electrons. The van der Waals surface area contributed by atoms with Crippen molar-refractivity contribution in [3.05, 3.63) is 0 Å². The number of carbonyl (C=O) groups is 1. The summed E-state index contributed by atoms with van der Waals surface area (Å²) < 4.78 is 10.7. The van der Waals surface area contributed by atoms with E-state index < -0.39 is 5.54 Å². The van der Waals surface area contributed by atoms with Crippen LogP contribution in [0.4, 0.5) is 0 Å². The van der Waals surface area contributed by atoms with Crippen molar-refractivity contribution < 1.29 is 14.3 Å². The number of hydrogen-bond donors (Lipinski definition) is 1. The molecule has 1 heterocycles. The average molecular weight is 300 g/mol. The van der Waals surface area contributed by atoms with Crippen molar-refractivity contribution >= 4 is 5.97 Å². The average Bonchev–Trinajstić information content (AvgIpc) is 2.47. The Morgan fingerprint density at radius 2 is 2.24 bits per heavy atom. The molecule has 0 spiro atoms. The Balaban J connectivity index is 2.41. The van der Waals surface area contributed by atoms with Crippen LogP contribution in [-0.4, -0.2) is 62.9 Å². The van der Waals surface area contributed by atoms with E-state index in [0.717, 1.165) is 45.7 Å². The van der Waals surface area contributed by atoms with Crippen LogP contribution in [0.2, 0.25) is 0 Å². The molecule has 0 saturated carbocycles. The maximum atomic E-state index is 12.1. The van der Waals surface area contributed by atoms with E-state index in [1.54, 1.807) is 0 Å². The van der Waals surface area contributed by atoms with Gasteiger partial charge in [0.05, 0.1) is 13.2 Å². The number of esters is 1. The highest BCUT2D eigenvalue weighted by Crippen LogP contribution is 2.17. The summed E-state index contributed by atoms with van der Waals surface area (Å²) in [6.45, 7) is 10.7. The standard InChI is InChI=1S/C16H32N2O3/c1-5-17-16(3,15(19)21-6-2)9-10-18(4)12-14-8-7-11-20-13-14/h14,17H,5-13H2,1-4H3. The second kappa shape index (κ2) is 9.38. The maximum Gasteiger partial charge on any atom is 0.326 e. The monoisotopic (exact) mass is 300 g/mol. The van der Waals surface area contributed by atoms with Crippen LogP contribution in [0.25, 0.3) is 0 Å². The number of nitrogens with zero attached hydrogens (tertiary/aromatic N) is 1. The molecule has 0 radical (unpaired) electrons. The van der Waals surface area contributed by atoms with Gasteiger partial charge < -0.3 is 19.7 Å². The van der Waals surface area contributed by atoms with Crippen LogP contribution in [0.5, 0.6) is 0 Å². The summed E-state index contributed by atoms with van der Waals surface area (Å²) in [6.07, 6.45) is 3.16. The van der Waals surface area contributed by atoms with Crippen molar-refractivity contribution in [1.29, 1.82) is 0 Å². The normalized spacial score (nSPS) is 22.0. The molecule has 1 aliphatic heterocycles. The van der Waals surface area contributed by atoms with E-state index in [1.807, 2.05) is 20.8 Å². The molecule has 1 fully saturated rings. The first kappa shape index (κ1) is 18.4. The highest BCUT2D eigenvalue weighted by Gasteiger charge is 2.33. The fraction of sp³-hybridized carbons (Fsp3) is 0.938. The second-order valence-electron chi connectivity index (χ2n) is 6.18. The molecule has 0 aromatic rings. The van der Waals surface area contributed by atoms with Crippen molar-refractivity contribution in [1.82, 2.24) is 10.2 Å². The number of likely N-dealkylation sites (N-methyl/N-ethyl adjacent to an activating group) is 1. The molecule has 1 N–H and O–H groups in total. The Kier molecular flexibility index (Phi) is 8.22. The fourth-order valence-corrected chi connectivity index (χ4v) is 2.84. The summed E-state index contributed by atoms with van der Waals surface area (Å²) in [4.78, 5) is 14.4. The molecule has 1 rings (SSSR count). The second-order valence-corrected chi connectivity index (χ2v) is 6.18. The molecular formula is C16H32N2O3. The maximum absolute atomic E-state index is 12.1. The fourth-order valence-electron chi connectivity index (χ4n) is 2.84. The first-order valence-corrected chi connectivity index (χ1v) is 8.20. The Bertz CT molecular complexity index is 306. The molecule has 5 nitrogen and oxygen atoms in total. The molecule has 0 amide bonds. The first-order chi connectivity index (χ1) is 10.0. The number of nitrogens with one attached hydrogen (secondary N) is 1. The Labute approximate surface area is 129 Å². The molecule has 1 saturated heterocycles. The third kappa shape index (κ3) is 6.32. The quantitative estimate of drug-likeness (QED) is 0.656. The van der Waals surface area contributed by atoms with E-state index in [2.05, 4.69) is 17.3 Å². The third-order valence-corrected chi connectivity index (χ3v) is 4.11. The third-order valence-electron chi connectivity index (χ3n) is 4.11. The minimum absolute atomic E-state index is 0.152. The van der Waals surface area contributed by atoms with Gasteiger partial charge in [0.2, 0.25) is 0 Å². The van der Waals surface area contributed by atoms with Crippen LogP contribution < -0.4 is 5.32 Å². The zero-order chi connectivity index (χ0) is 15.7. The van der Waals surface area contributed by atoms with E-state index in [1.165, 1.54) is 6.42 Å². The van der Waals surface area contributed by atoms with E-state index in [-0.39, 0.29) is 5.97 Å². The summed E-state index contributed by atoms with van der Waals surface area (Å²) in [7, 11) is 2.12. The van der Waals surface area contributed by atoms with Crippen LogP contribution >= 0.6 is 0 Å². The molecule has 0 aromatic heterocycles. The van der Waals surface area contributed by atoms with Gasteiger partial charge in [-0.05, 0) is 52.6 Å². The number of ether oxygens (including phenoxy) is 2. The molecule has 1 aliphatic rings. The molecule has 0 bridgehead atoms. The molecular weight excluding hydrogens is 268 g/mol. The molecule has 0 aliphatic carbocycles. The largest absolute Gasteiger partial charge is 0.465 e.